The van der Waals surface area contributed by atoms with Crippen molar-refractivity contribution in [1.82, 2.24) is 15.0 Å². The van der Waals surface area contributed by atoms with E-state index in [-0.39, 0.29) is 44.5 Å². The number of ketones is 1. The number of ether oxygens (including phenoxy) is 2. The van der Waals surface area contributed by atoms with Crippen molar-refractivity contribution < 1.29 is 43.0 Å². The fourth-order valence-corrected chi connectivity index (χ4v) is 14.7. The van der Waals surface area contributed by atoms with Crippen molar-refractivity contribution in [3.8, 4) is 11.5 Å². The van der Waals surface area contributed by atoms with Crippen LogP contribution in [0.3, 0.4) is 0 Å². The molecule has 0 atom stereocenters. The van der Waals surface area contributed by atoms with Crippen molar-refractivity contribution in [3.63, 3.8) is 0 Å². The summed E-state index contributed by atoms with van der Waals surface area (Å²) in [6, 6.07) is 53.4. The smallest absolute Gasteiger partial charge is 0.323 e. The number of para-hydroxylation sites is 4. The highest BCUT2D eigenvalue weighted by Gasteiger charge is 2.25. The van der Waals surface area contributed by atoms with Crippen molar-refractivity contribution in [3.05, 3.63) is 279 Å². The van der Waals surface area contributed by atoms with Crippen LogP contribution in [0.2, 0.25) is 0 Å². The Balaban J connectivity index is 0.000000120. The van der Waals surface area contributed by atoms with Gasteiger partial charge in [-0.3, -0.25) is 38.4 Å². The average molecular weight is 1380 g/mol. The van der Waals surface area contributed by atoms with Gasteiger partial charge < -0.3 is 35.1 Å². The van der Waals surface area contributed by atoms with Gasteiger partial charge in [0.15, 0.2) is 10.2 Å². The van der Waals surface area contributed by atoms with E-state index in [1.807, 2.05) is 200 Å². The molecular weight excluding hydrogens is 1300 g/mol. The number of aromatic amines is 3. The number of esters is 2. The molecule has 2 aromatic heterocycles. The Morgan fingerprint density at radius 1 is 0.364 bits per heavy atom. The molecule has 2 amide bonds. The molecule has 11 aromatic rings. The lowest BCUT2D eigenvalue weighted by Gasteiger charge is -2.00. The predicted molar refractivity (Wildman–Crippen MR) is 394 cm³/mol. The fraction of sp³-hybridized carbons (Fsp3) is 0.212. The number of carbonyl (C=O) groups is 7. The number of thioether (sulfide) groups is 2. The number of imidazole rings is 1. The fourth-order valence-electron chi connectivity index (χ4n) is 12.0. The first-order valence-corrected chi connectivity index (χ1v) is 34.7. The van der Waals surface area contributed by atoms with Gasteiger partial charge in [-0.25, -0.2) is 4.79 Å². The molecule has 0 spiro atoms. The van der Waals surface area contributed by atoms with E-state index >= 15 is 0 Å². The number of H-pyrrole nitrogens is 3. The SMILES string of the molecule is Cc1cccc2[nH]c(=O)[nH]c12.Cc1cccc2c1CC(=O)C2.Cc1cccc2c1CC(=O)N2.Cc1cccc2c1CC(=O)O2.Cc1cccc2c1CC(=O)S2.Cc1cccc2c1NC(=O)C2.Cc1cccc2c1OC(=O)C2.Cc1cccc2c1SC(=O)C2.Cc1cccc2sc(=O)[nH]c12. The third kappa shape index (κ3) is 18.2. The minimum atomic E-state index is -0.144. The average Bonchev–Trinajstić information content (AvgIpc) is 1.90. The summed E-state index contributed by atoms with van der Waals surface area (Å²) in [5, 5.41) is 6.17. The van der Waals surface area contributed by atoms with E-state index in [0.717, 1.165) is 99.1 Å². The summed E-state index contributed by atoms with van der Waals surface area (Å²) >= 11 is 4.00. The molecule has 0 saturated carbocycles. The Labute approximate surface area is 585 Å². The Morgan fingerprint density at radius 2 is 0.919 bits per heavy atom. The summed E-state index contributed by atoms with van der Waals surface area (Å²) in [5.41, 5.74) is 24.3. The molecule has 0 fully saturated rings. The Kier molecular flexibility index (Phi) is 23.2. The standard InChI is InChI=1S/C10H10O.2C9H9NO.2C9H8O2.2C9H8OS.C8H8N2O.C8H7NOS/c1-7-3-2-4-8-5-9(11)6-10(7)8;1-6-3-2-4-8-7(6)5-9(11)10-8;1-6-3-2-4-7-5-8(11)10-9(6)7;1-6-3-2-4-8-7(6)5-9(10)11-8;1-6-3-2-4-7-5-8(10)11-9(6)7;1-6-3-2-4-8-7(6)5-9(10)11-8;1-6-3-2-4-7-5-8(10)11-9(6)7;1-5-3-2-4-6-7(5)10-8(11)9-6;1-5-3-2-4-6-7(5)9-8(10)11-6/h2-4H,5-6H2,1H3;2*2-4H,5H2,1H3,(H,10,11);4*2-4H,5H2,1H3;2-4H,1H3,(H2,9,10,11);2-4H,1H3,(H,9,10). The number of fused-ring (bicyclic) bond motifs is 9. The zero-order chi connectivity index (χ0) is 70.6. The van der Waals surface area contributed by atoms with E-state index in [1.54, 1.807) is 0 Å². The van der Waals surface area contributed by atoms with Crippen LogP contribution in [0.25, 0.3) is 21.3 Å². The minimum absolute atomic E-state index is 0.0225. The maximum atomic E-state index is 11.1. The molecule has 0 saturated heterocycles. The van der Waals surface area contributed by atoms with Crippen LogP contribution in [0.5, 0.6) is 11.5 Å². The summed E-state index contributed by atoms with van der Waals surface area (Å²) < 4.78 is 11.0. The van der Waals surface area contributed by atoms with Crippen LogP contribution in [-0.2, 0) is 84.9 Å². The molecule has 6 aliphatic heterocycles. The molecule has 18 rings (SSSR count). The van der Waals surface area contributed by atoms with Crippen molar-refractivity contribution in [2.24, 2.45) is 0 Å². The number of carbonyl (C=O) groups excluding carboxylic acids is 7. The minimum Gasteiger partial charge on any atom is -0.426 e. The molecular formula is C80H75N5O11S3. The maximum Gasteiger partial charge on any atom is 0.323 e. The number of aromatic nitrogens is 3. The van der Waals surface area contributed by atoms with Gasteiger partial charge in [-0.05, 0) is 176 Å². The van der Waals surface area contributed by atoms with Gasteiger partial charge in [0.2, 0.25) is 11.8 Å². The van der Waals surface area contributed by atoms with E-state index in [1.165, 1.54) is 84.3 Å². The first kappa shape index (κ1) is 71.3. The summed E-state index contributed by atoms with van der Waals surface area (Å²) in [6.07, 6.45) is 4.48. The number of benzene rings is 9. The van der Waals surface area contributed by atoms with Crippen molar-refractivity contribution in [2.45, 2.75) is 123 Å². The largest absolute Gasteiger partial charge is 0.426 e. The first-order valence-electron chi connectivity index (χ1n) is 32.2. The molecule has 1 aliphatic carbocycles. The van der Waals surface area contributed by atoms with Crippen LogP contribution in [-0.4, -0.2) is 54.7 Å². The number of hydrogen-bond donors (Lipinski definition) is 5. The Bertz CT molecular complexity index is 4370. The second kappa shape index (κ2) is 32.3. The Hall–Kier alpha value is -10.5. The molecule has 19 heteroatoms. The van der Waals surface area contributed by atoms with Crippen LogP contribution in [0.1, 0.15) is 94.6 Å². The molecule has 0 unspecified atom stereocenters. The number of amides is 2. The predicted octanol–water partition coefficient (Wildman–Crippen LogP) is 15.0. The zero-order valence-corrected chi connectivity index (χ0v) is 58.9. The summed E-state index contributed by atoms with van der Waals surface area (Å²) in [7, 11) is 0. The van der Waals surface area contributed by atoms with E-state index in [0.29, 0.717) is 57.1 Å². The van der Waals surface area contributed by atoms with Crippen LogP contribution in [0, 0.1) is 62.3 Å². The van der Waals surface area contributed by atoms with Gasteiger partial charge in [-0.15, -0.1) is 0 Å². The molecule has 0 bridgehead atoms. The van der Waals surface area contributed by atoms with Gasteiger partial charge in [0.1, 0.15) is 17.3 Å². The van der Waals surface area contributed by atoms with Crippen LogP contribution in [0.15, 0.2) is 183 Å². The molecule has 9 aromatic carbocycles. The molecule has 504 valence electrons. The second-order valence-electron chi connectivity index (χ2n) is 24.6. The van der Waals surface area contributed by atoms with Crippen LogP contribution in [0.4, 0.5) is 11.4 Å². The van der Waals surface area contributed by atoms with Gasteiger partial charge in [-0.1, -0.05) is 168 Å². The van der Waals surface area contributed by atoms with Gasteiger partial charge in [0.25, 0.3) is 0 Å². The van der Waals surface area contributed by atoms with Crippen LogP contribution < -0.4 is 30.7 Å². The van der Waals surface area contributed by atoms with Gasteiger partial charge >= 0.3 is 22.5 Å². The highest BCUT2D eigenvalue weighted by Crippen LogP contribution is 2.36. The normalized spacial score (nSPS) is 13.8. The molecule has 5 N–H and O–H groups in total. The summed E-state index contributed by atoms with van der Waals surface area (Å²) in [5.74, 6) is 1.77. The highest BCUT2D eigenvalue weighted by atomic mass is 32.2. The van der Waals surface area contributed by atoms with E-state index in [4.69, 9.17) is 9.47 Å². The van der Waals surface area contributed by atoms with Gasteiger partial charge in [0.05, 0.1) is 46.9 Å². The number of hydrogen-bond acceptors (Lipinski definition) is 14. The molecule has 7 aliphatic rings. The highest BCUT2D eigenvalue weighted by molar-refractivity contribution is 8.14. The monoisotopic (exact) mass is 1380 g/mol. The third-order valence-electron chi connectivity index (χ3n) is 17.2. The zero-order valence-electron chi connectivity index (χ0n) is 56.5. The first-order chi connectivity index (χ1) is 47.4. The van der Waals surface area contributed by atoms with Crippen molar-refractivity contribution in [2.75, 3.05) is 10.6 Å². The number of nitrogens with one attached hydrogen (secondary N) is 5. The summed E-state index contributed by atoms with van der Waals surface area (Å²) in [4.78, 5) is 109. The van der Waals surface area contributed by atoms with Crippen LogP contribution >= 0.6 is 34.9 Å². The molecule has 16 nitrogen and oxygen atoms in total. The lowest BCUT2D eigenvalue weighted by Crippen LogP contribution is -2.04. The number of thiazole rings is 1. The quantitative estimate of drug-likeness (QED) is 0.0702. The number of aryl methyl sites for hydroxylation is 9. The topological polar surface area (TPSA) is 244 Å². The lowest BCUT2D eigenvalue weighted by molar-refractivity contribution is -0.132. The third-order valence-corrected chi connectivity index (χ3v) is 20.2. The number of Topliss-reactive ketones (excluding diaryl/α,β-unsaturated/α-hetero) is 1. The number of anilines is 2. The van der Waals surface area contributed by atoms with Crippen molar-refractivity contribution in [1.29, 1.82) is 0 Å². The molecule has 8 heterocycles. The number of rotatable bonds is 0. The van der Waals surface area contributed by atoms with E-state index in [9.17, 15) is 43.2 Å². The molecule has 99 heavy (non-hydrogen) atoms. The second-order valence-corrected chi connectivity index (χ2v) is 27.8. The maximum absolute atomic E-state index is 11.1. The van der Waals surface area contributed by atoms with Crippen molar-refractivity contribution >= 4 is 107 Å². The summed E-state index contributed by atoms with van der Waals surface area (Å²) in [6.45, 7) is 18.1. The molecule has 0 radical (unpaired) electrons. The Morgan fingerprint density at radius 3 is 1.58 bits per heavy atom. The lowest BCUT2D eigenvalue weighted by atomic mass is 10.1. The van der Waals surface area contributed by atoms with Gasteiger partial charge in [0, 0.05) is 58.0 Å². The van der Waals surface area contributed by atoms with E-state index < -0.39 is 0 Å². The van der Waals surface area contributed by atoms with Gasteiger partial charge in [-0.2, -0.15) is 0 Å². The van der Waals surface area contributed by atoms with E-state index in [2.05, 4.69) is 51.6 Å².